The van der Waals surface area contributed by atoms with Crippen molar-refractivity contribution in [2.45, 2.75) is 45.5 Å². The Morgan fingerprint density at radius 2 is 0.806 bits per heavy atom. The van der Waals surface area contributed by atoms with E-state index in [0.717, 1.165) is 0 Å². The molecule has 0 aliphatic rings. The van der Waals surface area contributed by atoms with Gasteiger partial charge >= 0.3 is 24.3 Å². The molecule has 4 nitrogen and oxygen atoms in total. The molecule has 0 amide bonds. The molecular formula is C21H22F6O4. The third-order valence-electron chi connectivity index (χ3n) is 3.98. The van der Waals surface area contributed by atoms with Crippen molar-refractivity contribution in [3.63, 3.8) is 0 Å². The molecule has 2 N–H and O–H groups in total. The Bertz CT molecular complexity index is 780. The zero-order valence-corrected chi connectivity index (χ0v) is 17.1. The van der Waals surface area contributed by atoms with Gasteiger partial charge in [0, 0.05) is 0 Å². The lowest BCUT2D eigenvalue weighted by atomic mass is 9.72. The van der Waals surface area contributed by atoms with Gasteiger partial charge in [-0.1, -0.05) is 52.0 Å². The molecule has 0 saturated heterocycles. The van der Waals surface area contributed by atoms with E-state index in [9.17, 15) is 35.9 Å². The van der Waals surface area contributed by atoms with Crippen molar-refractivity contribution in [3.05, 3.63) is 70.8 Å². The molecule has 0 fully saturated rings. The number of hydrogen-bond donors (Lipinski definition) is 2. The first-order valence-electron chi connectivity index (χ1n) is 9.13. The molecule has 0 aromatic heterocycles. The van der Waals surface area contributed by atoms with Crippen LogP contribution in [0.3, 0.4) is 0 Å². The average Bonchev–Trinajstić information content (AvgIpc) is 2.70. The van der Waals surface area contributed by atoms with Crippen LogP contribution in [0.2, 0.25) is 0 Å². The van der Waals surface area contributed by atoms with E-state index in [-0.39, 0.29) is 0 Å². The quantitative estimate of drug-likeness (QED) is 0.516. The fourth-order valence-electron chi connectivity index (χ4n) is 2.71. The molecule has 0 aliphatic heterocycles. The topological polar surface area (TPSA) is 74.6 Å². The number of carboxylic acid groups (broad SMARTS) is 2. The molecule has 2 aromatic rings. The van der Waals surface area contributed by atoms with E-state index < -0.39 is 52.0 Å². The fourth-order valence-corrected chi connectivity index (χ4v) is 2.71. The van der Waals surface area contributed by atoms with E-state index in [0.29, 0.717) is 48.5 Å². The van der Waals surface area contributed by atoms with Gasteiger partial charge in [0.15, 0.2) is 0 Å². The van der Waals surface area contributed by atoms with Gasteiger partial charge in [0.1, 0.15) is 0 Å². The summed E-state index contributed by atoms with van der Waals surface area (Å²) in [5.41, 5.74) is -7.92. The molecule has 0 saturated carbocycles. The van der Waals surface area contributed by atoms with Crippen molar-refractivity contribution >= 4 is 11.9 Å². The Labute approximate surface area is 175 Å². The third kappa shape index (κ3) is 5.56. The molecule has 0 atom stereocenters. The maximum absolute atomic E-state index is 13.8. The highest BCUT2D eigenvalue weighted by Gasteiger charge is 2.72. The van der Waals surface area contributed by atoms with Crippen molar-refractivity contribution < 1.29 is 46.1 Å². The summed E-state index contributed by atoms with van der Waals surface area (Å²) < 4.78 is 82.8. The van der Waals surface area contributed by atoms with Crippen LogP contribution in [0.5, 0.6) is 0 Å². The predicted molar refractivity (Wildman–Crippen MR) is 102 cm³/mol. The van der Waals surface area contributed by atoms with Gasteiger partial charge < -0.3 is 10.2 Å². The van der Waals surface area contributed by atoms with Gasteiger partial charge in [0.2, 0.25) is 5.41 Å². The Kier molecular flexibility index (Phi) is 9.77. The smallest absolute Gasteiger partial charge is 0.411 e. The van der Waals surface area contributed by atoms with Gasteiger partial charge in [0.05, 0.1) is 11.1 Å². The highest BCUT2D eigenvalue weighted by Crippen LogP contribution is 2.56. The van der Waals surface area contributed by atoms with E-state index in [1.165, 1.54) is 0 Å². The lowest BCUT2D eigenvalue weighted by Crippen LogP contribution is -2.54. The Morgan fingerprint density at radius 3 is 0.968 bits per heavy atom. The van der Waals surface area contributed by atoms with Crippen molar-refractivity contribution in [3.8, 4) is 0 Å². The molecular weight excluding hydrogens is 430 g/mol. The van der Waals surface area contributed by atoms with Gasteiger partial charge in [-0.2, -0.15) is 26.3 Å². The molecule has 0 heterocycles. The monoisotopic (exact) mass is 452 g/mol. The fraction of sp³-hybridized carbons (Fsp3) is 0.333. The number of aromatic carboxylic acids is 2. The van der Waals surface area contributed by atoms with Crippen LogP contribution in [0, 0.1) is 0 Å². The molecule has 0 radical (unpaired) electrons. The molecule has 0 spiro atoms. The van der Waals surface area contributed by atoms with Crippen molar-refractivity contribution in [1.82, 2.24) is 0 Å². The minimum absolute atomic E-state index is 0.440. The Balaban J connectivity index is 0.00000212. The van der Waals surface area contributed by atoms with Crippen molar-refractivity contribution in [2.75, 3.05) is 0 Å². The van der Waals surface area contributed by atoms with E-state index in [1.54, 1.807) is 0 Å². The summed E-state index contributed by atoms with van der Waals surface area (Å²) in [6, 6.07) is 4.30. The van der Waals surface area contributed by atoms with Crippen LogP contribution in [-0.4, -0.2) is 34.5 Å². The van der Waals surface area contributed by atoms with Gasteiger partial charge in [-0.05, 0) is 35.4 Å². The summed E-state index contributed by atoms with van der Waals surface area (Å²) in [6.45, 7) is 8.00. The van der Waals surface area contributed by atoms with Crippen LogP contribution < -0.4 is 0 Å². The second kappa shape index (κ2) is 10.8. The van der Waals surface area contributed by atoms with Gasteiger partial charge in [0.25, 0.3) is 0 Å². The second-order valence-electron chi connectivity index (χ2n) is 5.51. The maximum Gasteiger partial charge on any atom is 0.411 e. The molecule has 31 heavy (non-hydrogen) atoms. The van der Waals surface area contributed by atoms with Crippen LogP contribution in [0.25, 0.3) is 0 Å². The van der Waals surface area contributed by atoms with Crippen LogP contribution in [0.1, 0.15) is 59.5 Å². The largest absolute Gasteiger partial charge is 0.478 e. The first kappa shape index (κ1) is 28.0. The van der Waals surface area contributed by atoms with Gasteiger partial charge in [-0.15, -0.1) is 0 Å². The van der Waals surface area contributed by atoms with Crippen LogP contribution in [0.15, 0.2) is 48.5 Å². The first-order valence-corrected chi connectivity index (χ1v) is 9.13. The highest BCUT2D eigenvalue weighted by molar-refractivity contribution is 5.88. The minimum atomic E-state index is -5.85. The van der Waals surface area contributed by atoms with Crippen molar-refractivity contribution in [2.24, 2.45) is 0 Å². The maximum atomic E-state index is 13.8. The summed E-state index contributed by atoms with van der Waals surface area (Å²) in [5.74, 6) is -3.03. The summed E-state index contributed by atoms with van der Waals surface area (Å²) in [7, 11) is 0. The number of halogens is 6. The number of hydrogen-bond acceptors (Lipinski definition) is 2. The molecule has 0 aliphatic carbocycles. The second-order valence-corrected chi connectivity index (χ2v) is 5.51. The summed E-state index contributed by atoms with van der Waals surface area (Å²) >= 11 is 0. The standard InChI is InChI=1S/C17H10F6O4.2C2H6/c18-16(19,20)15(17(21,22)23,11-5-1-9(2-6-11)13(24)25)12-7-3-10(4-8-12)14(26)27;2*1-2/h1-8H,(H,24,25)(H,26,27);2*1-2H3. The van der Waals surface area contributed by atoms with E-state index in [2.05, 4.69) is 0 Å². The number of rotatable bonds is 4. The van der Waals surface area contributed by atoms with Gasteiger partial charge in [-0.25, -0.2) is 9.59 Å². The van der Waals surface area contributed by atoms with Crippen LogP contribution in [-0.2, 0) is 5.41 Å². The van der Waals surface area contributed by atoms with Crippen LogP contribution in [0.4, 0.5) is 26.3 Å². The molecule has 10 heteroatoms. The molecule has 0 bridgehead atoms. The molecule has 0 unspecified atom stereocenters. The zero-order chi connectivity index (χ0) is 24.6. The van der Waals surface area contributed by atoms with Crippen LogP contribution >= 0.6 is 0 Å². The summed E-state index contributed by atoms with van der Waals surface area (Å²) in [5, 5.41) is 17.6. The lowest BCUT2D eigenvalue weighted by Gasteiger charge is -2.38. The molecule has 172 valence electrons. The third-order valence-corrected chi connectivity index (χ3v) is 3.98. The normalized spacial score (nSPS) is 11.4. The number of benzene rings is 2. The van der Waals surface area contributed by atoms with E-state index in [1.807, 2.05) is 27.7 Å². The number of carboxylic acids is 2. The first-order chi connectivity index (χ1) is 14.3. The SMILES string of the molecule is CC.CC.O=C(O)c1ccc(C(c2ccc(C(=O)O)cc2)(C(F)(F)F)C(F)(F)F)cc1. The zero-order valence-electron chi connectivity index (χ0n) is 17.1. The summed E-state index contributed by atoms with van der Waals surface area (Å²) in [6.07, 6.45) is -11.7. The van der Waals surface area contributed by atoms with Gasteiger partial charge in [-0.3, -0.25) is 0 Å². The number of carbonyl (C=O) groups is 2. The summed E-state index contributed by atoms with van der Waals surface area (Å²) in [4.78, 5) is 21.7. The average molecular weight is 452 g/mol. The molecule has 2 aromatic carbocycles. The van der Waals surface area contributed by atoms with E-state index in [4.69, 9.17) is 10.2 Å². The molecule has 2 rings (SSSR count). The minimum Gasteiger partial charge on any atom is -0.478 e. The van der Waals surface area contributed by atoms with Crippen molar-refractivity contribution in [1.29, 1.82) is 0 Å². The lowest BCUT2D eigenvalue weighted by molar-refractivity contribution is -0.288. The van der Waals surface area contributed by atoms with E-state index >= 15 is 0 Å². The number of alkyl halides is 6. The Morgan fingerprint density at radius 1 is 0.581 bits per heavy atom. The highest BCUT2D eigenvalue weighted by atomic mass is 19.4. The predicted octanol–water partition coefficient (Wildman–Crippen LogP) is 6.55. The Hall–Kier alpha value is -3.04.